The maximum Gasteiger partial charge on any atom is 0.256 e. The summed E-state index contributed by atoms with van der Waals surface area (Å²) in [5, 5.41) is 9.81. The van der Waals surface area contributed by atoms with Crippen molar-refractivity contribution in [3.63, 3.8) is 0 Å². The fraction of sp³-hybridized carbons (Fsp3) is 0.471. The summed E-state index contributed by atoms with van der Waals surface area (Å²) in [6.45, 7) is 8.56. The van der Waals surface area contributed by atoms with Crippen molar-refractivity contribution in [1.82, 2.24) is 10.2 Å². The molecule has 2 aliphatic rings. The highest BCUT2D eigenvalue weighted by molar-refractivity contribution is 7.16. The third-order valence-corrected chi connectivity index (χ3v) is 6.99. The summed E-state index contributed by atoms with van der Waals surface area (Å²) in [6, 6.07) is 2.65. The second-order valence-electron chi connectivity index (χ2n) is 6.54. The van der Waals surface area contributed by atoms with E-state index in [9.17, 15) is 4.79 Å². The van der Waals surface area contributed by atoms with Gasteiger partial charge in [-0.2, -0.15) is 0 Å². The van der Waals surface area contributed by atoms with E-state index < -0.39 is 0 Å². The quantitative estimate of drug-likeness (QED) is 0.870. The van der Waals surface area contributed by atoms with Crippen molar-refractivity contribution in [3.8, 4) is 0 Å². The Morgan fingerprint density at radius 3 is 2.87 bits per heavy atom. The summed E-state index contributed by atoms with van der Waals surface area (Å²) in [5.74, 6) is 0.0760. The Bertz CT molecular complexity index is 762. The van der Waals surface area contributed by atoms with E-state index in [1.165, 1.54) is 20.9 Å². The van der Waals surface area contributed by atoms with E-state index in [0.717, 1.165) is 30.1 Å². The second-order valence-corrected chi connectivity index (χ2v) is 8.59. The van der Waals surface area contributed by atoms with E-state index in [-0.39, 0.29) is 12.1 Å². The lowest BCUT2D eigenvalue weighted by molar-refractivity contribution is 0.0935. The van der Waals surface area contributed by atoms with Crippen molar-refractivity contribution in [3.05, 3.63) is 37.9 Å². The van der Waals surface area contributed by atoms with Gasteiger partial charge in [-0.05, 0) is 49.8 Å². The van der Waals surface area contributed by atoms with Gasteiger partial charge in [0.05, 0.1) is 5.56 Å². The van der Waals surface area contributed by atoms with Crippen molar-refractivity contribution in [2.75, 3.05) is 11.9 Å². The number of hydrogen-bond acceptors (Lipinski definition) is 5. The minimum atomic E-state index is -0.101. The molecule has 0 saturated carbocycles. The third-order valence-electron chi connectivity index (χ3n) is 4.76. The van der Waals surface area contributed by atoms with Crippen LogP contribution < -0.4 is 10.6 Å². The number of hydrogen-bond donors (Lipinski definition) is 2. The summed E-state index contributed by atoms with van der Waals surface area (Å²) >= 11 is 3.45. The molecular weight excluding hydrogens is 326 g/mol. The minimum absolute atomic E-state index is 0.0760. The van der Waals surface area contributed by atoms with E-state index >= 15 is 0 Å². The highest BCUT2D eigenvalue weighted by atomic mass is 32.1. The Labute approximate surface area is 144 Å². The number of carbonyl (C=O) groups excluding carboxylic acids is 1. The molecule has 0 aliphatic carbocycles. The molecule has 6 heteroatoms. The van der Waals surface area contributed by atoms with Crippen LogP contribution in [0.3, 0.4) is 0 Å². The van der Waals surface area contributed by atoms with E-state index in [1.807, 2.05) is 0 Å². The molecule has 1 unspecified atom stereocenters. The number of carbonyl (C=O) groups is 1. The topological polar surface area (TPSA) is 44.4 Å². The molecule has 4 nitrogen and oxygen atoms in total. The summed E-state index contributed by atoms with van der Waals surface area (Å²) in [7, 11) is 0. The van der Waals surface area contributed by atoms with Crippen LogP contribution in [0.25, 0.3) is 0 Å². The Hall–Kier alpha value is -1.37. The Balaban J connectivity index is 1.67. The molecule has 0 bridgehead atoms. The molecule has 4 heterocycles. The number of aryl methyl sites for hydroxylation is 1. The lowest BCUT2D eigenvalue weighted by Gasteiger charge is -2.30. The molecule has 2 N–H and O–H groups in total. The molecule has 0 aromatic carbocycles. The van der Waals surface area contributed by atoms with Gasteiger partial charge in [0.2, 0.25) is 0 Å². The summed E-state index contributed by atoms with van der Waals surface area (Å²) in [5.41, 5.74) is 3.37. The summed E-state index contributed by atoms with van der Waals surface area (Å²) < 4.78 is 0. The zero-order valence-electron chi connectivity index (χ0n) is 13.6. The lowest BCUT2D eigenvalue weighted by Crippen LogP contribution is -2.39. The molecule has 0 radical (unpaired) electrons. The Morgan fingerprint density at radius 1 is 1.35 bits per heavy atom. The maximum absolute atomic E-state index is 12.7. The van der Waals surface area contributed by atoms with E-state index in [2.05, 4.69) is 47.8 Å². The zero-order valence-corrected chi connectivity index (χ0v) is 15.2. The first-order valence-electron chi connectivity index (χ1n) is 8.04. The molecule has 23 heavy (non-hydrogen) atoms. The molecule has 4 rings (SSSR count). The fourth-order valence-corrected chi connectivity index (χ4v) is 5.61. The van der Waals surface area contributed by atoms with Crippen molar-refractivity contribution >= 4 is 33.6 Å². The molecule has 122 valence electrons. The van der Waals surface area contributed by atoms with Gasteiger partial charge in [-0.3, -0.25) is 9.69 Å². The first-order chi connectivity index (χ1) is 11.0. The fourth-order valence-electron chi connectivity index (χ4n) is 3.39. The van der Waals surface area contributed by atoms with Crippen LogP contribution in [0.15, 0.2) is 11.4 Å². The zero-order chi connectivity index (χ0) is 16.1. The van der Waals surface area contributed by atoms with Crippen LogP contribution in [-0.4, -0.2) is 23.4 Å². The van der Waals surface area contributed by atoms with Gasteiger partial charge in [-0.1, -0.05) is 0 Å². The molecule has 0 saturated heterocycles. The second kappa shape index (κ2) is 5.61. The average molecular weight is 348 g/mol. The molecule has 0 spiro atoms. The minimum Gasteiger partial charge on any atom is -0.352 e. The van der Waals surface area contributed by atoms with Crippen LogP contribution in [0, 0.1) is 6.92 Å². The number of anilines is 1. The van der Waals surface area contributed by atoms with Crippen molar-refractivity contribution in [2.24, 2.45) is 0 Å². The van der Waals surface area contributed by atoms with Gasteiger partial charge in [0.25, 0.3) is 5.91 Å². The smallest absolute Gasteiger partial charge is 0.256 e. The molecule has 2 aliphatic heterocycles. The number of fused-ring (bicyclic) bond motifs is 3. The number of nitrogens with zero attached hydrogens (tertiary/aromatic N) is 1. The predicted octanol–water partition coefficient (Wildman–Crippen LogP) is 3.74. The van der Waals surface area contributed by atoms with Gasteiger partial charge < -0.3 is 10.6 Å². The Morgan fingerprint density at radius 2 is 2.17 bits per heavy atom. The van der Waals surface area contributed by atoms with Crippen molar-refractivity contribution in [1.29, 1.82) is 0 Å². The van der Waals surface area contributed by atoms with E-state index in [0.29, 0.717) is 6.04 Å². The molecule has 1 atom stereocenters. The number of rotatable bonds is 2. The molecule has 1 amide bonds. The van der Waals surface area contributed by atoms with Crippen LogP contribution in [0.5, 0.6) is 0 Å². The van der Waals surface area contributed by atoms with Crippen LogP contribution in [-0.2, 0) is 13.0 Å². The van der Waals surface area contributed by atoms with Crippen LogP contribution in [0.4, 0.5) is 5.00 Å². The van der Waals surface area contributed by atoms with Crippen LogP contribution in [0.2, 0.25) is 0 Å². The van der Waals surface area contributed by atoms with Gasteiger partial charge in [0.15, 0.2) is 0 Å². The molecular formula is C17H21N3OS2. The molecule has 2 aromatic rings. The van der Waals surface area contributed by atoms with Crippen molar-refractivity contribution < 1.29 is 4.79 Å². The van der Waals surface area contributed by atoms with Crippen LogP contribution in [0.1, 0.15) is 51.3 Å². The normalized spacial score (nSPS) is 20.9. The Kier molecular flexibility index (Phi) is 3.70. The standard InChI is InChI=1S/C17H21N3OS2/c1-9(2)20-6-4-11-12(8-20)23-17-13(11)16(21)18-15(19-17)14-10(3)5-7-22-14/h5,7,9,15,19H,4,6,8H2,1-3H3,(H,18,21). The van der Waals surface area contributed by atoms with Gasteiger partial charge in [0, 0.05) is 28.9 Å². The lowest BCUT2D eigenvalue weighted by atomic mass is 10.00. The maximum atomic E-state index is 12.7. The van der Waals surface area contributed by atoms with E-state index in [1.54, 1.807) is 22.7 Å². The van der Waals surface area contributed by atoms with Crippen LogP contribution >= 0.6 is 22.7 Å². The number of nitrogens with one attached hydrogen (secondary N) is 2. The monoisotopic (exact) mass is 347 g/mol. The summed E-state index contributed by atoms with van der Waals surface area (Å²) in [6.07, 6.45) is 0.869. The van der Waals surface area contributed by atoms with Gasteiger partial charge in [-0.25, -0.2) is 0 Å². The average Bonchev–Trinajstić information content (AvgIpc) is 3.09. The highest BCUT2D eigenvalue weighted by Crippen LogP contribution is 2.41. The van der Waals surface area contributed by atoms with Gasteiger partial charge in [0.1, 0.15) is 11.2 Å². The first kappa shape index (κ1) is 15.2. The largest absolute Gasteiger partial charge is 0.352 e. The molecule has 2 aromatic heterocycles. The summed E-state index contributed by atoms with van der Waals surface area (Å²) in [4.78, 5) is 17.7. The van der Waals surface area contributed by atoms with E-state index in [4.69, 9.17) is 0 Å². The predicted molar refractivity (Wildman–Crippen MR) is 96.5 cm³/mol. The first-order valence-corrected chi connectivity index (χ1v) is 9.74. The SMILES string of the molecule is Cc1ccsc1C1NC(=O)c2c(sc3c2CCN(C(C)C)C3)N1. The number of amides is 1. The highest BCUT2D eigenvalue weighted by Gasteiger charge is 2.34. The van der Waals surface area contributed by atoms with Crippen molar-refractivity contribution in [2.45, 2.75) is 45.9 Å². The number of thiophene rings is 2. The van der Waals surface area contributed by atoms with Gasteiger partial charge in [-0.15, -0.1) is 22.7 Å². The van der Waals surface area contributed by atoms with Gasteiger partial charge >= 0.3 is 0 Å². The molecule has 0 fully saturated rings. The third kappa shape index (κ3) is 2.49.